The number of benzene rings is 2. The molecule has 38 heavy (non-hydrogen) atoms. The zero-order valence-electron chi connectivity index (χ0n) is 22.4. The van der Waals surface area contributed by atoms with Gasteiger partial charge in [0.15, 0.2) is 17.2 Å². The Morgan fingerprint density at radius 2 is 1.39 bits per heavy atom. The lowest BCUT2D eigenvalue weighted by Gasteiger charge is -2.28. The molecule has 0 aliphatic carbocycles. The minimum atomic E-state index is -0.890. The molecule has 202 valence electrons. The molecule has 3 rings (SSSR count). The molecule has 9 nitrogen and oxygen atoms in total. The van der Waals surface area contributed by atoms with Crippen molar-refractivity contribution in [1.29, 1.82) is 0 Å². The molecule has 0 aliphatic rings. The molecule has 9 heteroatoms. The minimum absolute atomic E-state index is 0.115. The molecule has 3 N–H and O–H groups in total. The molecule has 1 aromatic heterocycles. The van der Waals surface area contributed by atoms with Gasteiger partial charge in [0.1, 0.15) is 17.5 Å². The highest BCUT2D eigenvalue weighted by Gasteiger charge is 2.27. The van der Waals surface area contributed by atoms with Crippen molar-refractivity contribution in [2.45, 2.75) is 45.7 Å². The Balaban J connectivity index is 1.78. The smallest absolute Gasteiger partial charge is 0.274 e. The molecular weight excluding hydrogens is 486 g/mol. The molecule has 2 aromatic carbocycles. The lowest BCUT2D eigenvalue weighted by molar-refractivity contribution is -0.123. The molecule has 2 amide bonds. The van der Waals surface area contributed by atoms with Crippen LogP contribution in [0.4, 0.5) is 0 Å². The Kier molecular flexibility index (Phi) is 9.92. The van der Waals surface area contributed by atoms with E-state index < -0.39 is 11.9 Å². The third-order valence-electron chi connectivity index (χ3n) is 6.03. The fourth-order valence-corrected chi connectivity index (χ4v) is 4.18. The zero-order valence-corrected chi connectivity index (χ0v) is 22.4. The van der Waals surface area contributed by atoms with E-state index in [1.807, 2.05) is 69.3 Å². The highest BCUT2D eigenvalue weighted by Crippen LogP contribution is 2.31. The summed E-state index contributed by atoms with van der Waals surface area (Å²) in [5.41, 5.74) is 1.76. The molecule has 0 unspecified atom stereocenters. The van der Waals surface area contributed by atoms with E-state index in [1.165, 1.54) is 19.4 Å². The van der Waals surface area contributed by atoms with Crippen molar-refractivity contribution >= 4 is 11.8 Å². The summed E-state index contributed by atoms with van der Waals surface area (Å²) in [7, 11) is 1.37. The number of aromatic nitrogens is 1. The third-order valence-corrected chi connectivity index (χ3v) is 6.03. The molecule has 3 aromatic rings. The first-order valence-electron chi connectivity index (χ1n) is 12.6. The van der Waals surface area contributed by atoms with Gasteiger partial charge in [0.05, 0.1) is 20.3 Å². The maximum Gasteiger partial charge on any atom is 0.274 e. The first kappa shape index (κ1) is 28.3. The number of amides is 2. The van der Waals surface area contributed by atoms with Crippen molar-refractivity contribution in [1.82, 2.24) is 15.6 Å². The van der Waals surface area contributed by atoms with Crippen LogP contribution in [0.5, 0.6) is 23.0 Å². The van der Waals surface area contributed by atoms with E-state index in [-0.39, 0.29) is 35.1 Å². The van der Waals surface area contributed by atoms with E-state index in [0.717, 1.165) is 22.6 Å². The van der Waals surface area contributed by atoms with Crippen molar-refractivity contribution in [2.75, 3.05) is 20.3 Å². The predicted octanol–water partition coefficient (Wildman–Crippen LogP) is 4.05. The molecular formula is C29H35N3O6. The Hall–Kier alpha value is -4.27. The van der Waals surface area contributed by atoms with Crippen LogP contribution in [-0.4, -0.2) is 54.3 Å². The lowest BCUT2D eigenvalue weighted by Crippen LogP contribution is -2.49. The van der Waals surface area contributed by atoms with Crippen LogP contribution < -0.4 is 24.8 Å². The van der Waals surface area contributed by atoms with Gasteiger partial charge in [-0.1, -0.05) is 24.3 Å². The molecule has 2 atom stereocenters. The summed E-state index contributed by atoms with van der Waals surface area (Å²) in [5.74, 6) is 0.0101. The molecule has 0 spiro atoms. The van der Waals surface area contributed by atoms with E-state index in [9.17, 15) is 14.7 Å². The number of methoxy groups -OCH3 is 1. The van der Waals surface area contributed by atoms with Crippen molar-refractivity contribution in [2.24, 2.45) is 0 Å². The fourth-order valence-electron chi connectivity index (χ4n) is 4.18. The van der Waals surface area contributed by atoms with Crippen molar-refractivity contribution in [3.63, 3.8) is 0 Å². The normalized spacial score (nSPS) is 12.4. The Morgan fingerprint density at radius 3 is 1.87 bits per heavy atom. The number of nitrogens with zero attached hydrogens (tertiary/aromatic N) is 1. The number of ether oxygens (including phenoxy) is 3. The SMILES string of the molecule is CCOc1ccc(C(c2ccc(OCC)cc2)[C@H](C)NC(=O)[C@H](C)NC(=O)c2nccc(OC)c2O)cc1. The summed E-state index contributed by atoms with van der Waals surface area (Å²) >= 11 is 0. The summed E-state index contributed by atoms with van der Waals surface area (Å²) in [4.78, 5) is 29.7. The van der Waals surface area contributed by atoms with Crippen molar-refractivity contribution in [3.05, 3.63) is 77.6 Å². The first-order valence-corrected chi connectivity index (χ1v) is 12.6. The molecule has 0 aliphatic heterocycles. The van der Waals surface area contributed by atoms with Crippen molar-refractivity contribution < 1.29 is 28.9 Å². The van der Waals surface area contributed by atoms with Crippen LogP contribution in [0, 0.1) is 0 Å². The van der Waals surface area contributed by atoms with Crippen LogP contribution in [-0.2, 0) is 4.79 Å². The minimum Gasteiger partial charge on any atom is -0.503 e. The summed E-state index contributed by atoms with van der Waals surface area (Å²) in [6, 6.07) is 15.8. The maximum absolute atomic E-state index is 13.1. The third kappa shape index (κ3) is 6.94. The molecule has 0 saturated carbocycles. The standard InChI is InChI=1S/C29H35N3O6/c1-6-37-22-12-8-20(9-13-22)25(21-10-14-23(15-11-21)38-7-2)18(3)31-28(34)19(4)32-29(35)26-27(33)24(36-5)16-17-30-26/h8-19,25,33H,6-7H2,1-5H3,(H,31,34)(H,32,35)/t18-,19-/m0/s1. The summed E-state index contributed by atoms with van der Waals surface area (Å²) in [6.07, 6.45) is 1.35. The Morgan fingerprint density at radius 1 is 0.868 bits per heavy atom. The second kappa shape index (κ2) is 13.3. The summed E-state index contributed by atoms with van der Waals surface area (Å²) in [6.45, 7) is 8.49. The molecule has 0 fully saturated rings. The number of carbonyl (C=O) groups excluding carboxylic acids is 2. The average Bonchev–Trinajstić information content (AvgIpc) is 2.91. The summed E-state index contributed by atoms with van der Waals surface area (Å²) < 4.78 is 16.2. The van der Waals surface area contributed by atoms with Crippen LogP contribution in [0.2, 0.25) is 0 Å². The van der Waals surface area contributed by atoms with Gasteiger partial charge < -0.3 is 30.0 Å². The lowest BCUT2D eigenvalue weighted by atomic mass is 9.85. The molecule has 0 bridgehead atoms. The van der Waals surface area contributed by atoms with E-state index in [0.29, 0.717) is 13.2 Å². The second-order valence-corrected chi connectivity index (χ2v) is 8.68. The number of pyridine rings is 1. The average molecular weight is 522 g/mol. The van der Waals surface area contributed by atoms with Crippen molar-refractivity contribution in [3.8, 4) is 23.0 Å². The Labute approximate surface area is 223 Å². The van der Waals surface area contributed by atoms with Gasteiger partial charge in [-0.2, -0.15) is 0 Å². The van der Waals surface area contributed by atoms with Crippen LogP contribution in [0.1, 0.15) is 55.2 Å². The number of carbonyl (C=O) groups is 2. The highest BCUT2D eigenvalue weighted by molar-refractivity contribution is 5.98. The molecule has 0 radical (unpaired) electrons. The van der Waals surface area contributed by atoms with Gasteiger partial charge in [-0.15, -0.1) is 0 Å². The highest BCUT2D eigenvalue weighted by atomic mass is 16.5. The van der Waals surface area contributed by atoms with Gasteiger partial charge in [-0.3, -0.25) is 9.59 Å². The van der Waals surface area contributed by atoms with Gasteiger partial charge in [0.25, 0.3) is 5.91 Å². The van der Waals surface area contributed by atoms with Gasteiger partial charge >= 0.3 is 0 Å². The van der Waals surface area contributed by atoms with Gasteiger partial charge in [-0.05, 0) is 63.1 Å². The fraction of sp³-hybridized carbons (Fsp3) is 0.345. The van der Waals surface area contributed by atoms with Crippen LogP contribution in [0.3, 0.4) is 0 Å². The largest absolute Gasteiger partial charge is 0.503 e. The number of aromatic hydroxyl groups is 1. The van der Waals surface area contributed by atoms with Gasteiger partial charge in [0.2, 0.25) is 5.91 Å². The van der Waals surface area contributed by atoms with E-state index in [1.54, 1.807) is 6.92 Å². The van der Waals surface area contributed by atoms with Crippen LogP contribution in [0.15, 0.2) is 60.8 Å². The van der Waals surface area contributed by atoms with E-state index in [4.69, 9.17) is 14.2 Å². The molecule has 1 heterocycles. The van der Waals surface area contributed by atoms with E-state index in [2.05, 4.69) is 15.6 Å². The number of hydrogen-bond acceptors (Lipinski definition) is 7. The maximum atomic E-state index is 13.1. The molecule has 0 saturated heterocycles. The van der Waals surface area contributed by atoms with Crippen LogP contribution in [0.25, 0.3) is 0 Å². The number of rotatable bonds is 12. The van der Waals surface area contributed by atoms with E-state index >= 15 is 0 Å². The number of hydrogen-bond donors (Lipinski definition) is 3. The van der Waals surface area contributed by atoms with Gasteiger partial charge in [-0.25, -0.2) is 4.98 Å². The Bertz CT molecular complexity index is 1160. The zero-order chi connectivity index (χ0) is 27.7. The monoisotopic (exact) mass is 521 g/mol. The first-order chi connectivity index (χ1) is 18.3. The topological polar surface area (TPSA) is 119 Å². The summed E-state index contributed by atoms with van der Waals surface area (Å²) in [5, 5.41) is 15.8. The van der Waals surface area contributed by atoms with Gasteiger partial charge in [0, 0.05) is 24.2 Å². The second-order valence-electron chi connectivity index (χ2n) is 8.68. The number of nitrogens with one attached hydrogen (secondary N) is 2. The predicted molar refractivity (Wildman–Crippen MR) is 144 cm³/mol. The van der Waals surface area contributed by atoms with Crippen LogP contribution >= 0.6 is 0 Å². The quantitative estimate of drug-likeness (QED) is 0.329.